The molecule has 3 rings (SSSR count). The highest BCUT2D eigenvalue weighted by molar-refractivity contribution is 5.91. The van der Waals surface area contributed by atoms with Crippen molar-refractivity contribution in [2.24, 2.45) is 0 Å². The number of carbonyl (C=O) groups is 2. The van der Waals surface area contributed by atoms with Gasteiger partial charge in [0.2, 0.25) is 0 Å². The third kappa shape index (κ3) is 8.17. The Kier molecular flexibility index (Phi) is 10.4. The van der Waals surface area contributed by atoms with Crippen molar-refractivity contribution < 1.29 is 28.9 Å². The predicted octanol–water partition coefficient (Wildman–Crippen LogP) is 3.53. The van der Waals surface area contributed by atoms with E-state index in [-0.39, 0.29) is 32.0 Å². The molecule has 2 aromatic carbocycles. The number of hydrogen-bond acceptors (Lipinski definition) is 7. The number of anilines is 1. The minimum Gasteiger partial charge on any atom is -0.465 e. The highest BCUT2D eigenvalue weighted by Crippen LogP contribution is 2.38. The zero-order valence-electron chi connectivity index (χ0n) is 20.8. The van der Waals surface area contributed by atoms with Crippen LogP contribution in [0.4, 0.5) is 10.5 Å². The minimum atomic E-state index is -0.646. The average molecular weight is 498 g/mol. The molecule has 1 heterocycles. The molecule has 2 aromatic rings. The number of aliphatic hydroxyl groups excluding tert-OH is 1. The number of carbonyl (C=O) groups excluding carboxylic acids is 2. The first-order chi connectivity index (χ1) is 17.4. The van der Waals surface area contributed by atoms with Crippen LogP contribution in [0.3, 0.4) is 0 Å². The smallest absolute Gasteiger partial charge is 0.325 e. The lowest BCUT2D eigenvalue weighted by Crippen LogP contribution is -2.38. The summed E-state index contributed by atoms with van der Waals surface area (Å²) in [7, 11) is 2.01. The summed E-state index contributed by atoms with van der Waals surface area (Å²) in [6.45, 7) is 6.97. The van der Waals surface area contributed by atoms with Crippen molar-refractivity contribution in [3.05, 3.63) is 77.9 Å². The van der Waals surface area contributed by atoms with Gasteiger partial charge >= 0.3 is 12.0 Å². The summed E-state index contributed by atoms with van der Waals surface area (Å²) in [6, 6.07) is 14.4. The van der Waals surface area contributed by atoms with Crippen LogP contribution in [0.2, 0.25) is 0 Å². The van der Waals surface area contributed by atoms with Crippen molar-refractivity contribution in [2.45, 2.75) is 38.4 Å². The molecule has 3 N–H and O–H groups in total. The van der Waals surface area contributed by atoms with Crippen molar-refractivity contribution in [1.82, 2.24) is 10.2 Å². The van der Waals surface area contributed by atoms with Crippen molar-refractivity contribution >= 4 is 17.7 Å². The molecular weight excluding hydrogens is 462 g/mol. The van der Waals surface area contributed by atoms with Gasteiger partial charge in [-0.2, -0.15) is 0 Å². The van der Waals surface area contributed by atoms with E-state index in [4.69, 9.17) is 14.2 Å². The number of rotatable bonds is 11. The molecule has 0 bridgehead atoms. The summed E-state index contributed by atoms with van der Waals surface area (Å²) >= 11 is 0. The Balaban J connectivity index is 1.73. The quantitative estimate of drug-likeness (QED) is 0.322. The van der Waals surface area contributed by atoms with Gasteiger partial charge in [0.1, 0.15) is 6.54 Å². The fourth-order valence-electron chi connectivity index (χ4n) is 3.98. The summed E-state index contributed by atoms with van der Waals surface area (Å²) in [4.78, 5) is 25.8. The van der Waals surface area contributed by atoms with Crippen molar-refractivity contribution in [1.29, 1.82) is 0 Å². The summed E-state index contributed by atoms with van der Waals surface area (Å²) in [5.41, 5.74) is 3.14. The first kappa shape index (κ1) is 27.3. The van der Waals surface area contributed by atoms with E-state index in [1.807, 2.05) is 49.5 Å². The van der Waals surface area contributed by atoms with Crippen LogP contribution in [0.15, 0.2) is 61.2 Å². The molecule has 0 radical (unpaired) electrons. The maximum atomic E-state index is 12.2. The van der Waals surface area contributed by atoms with E-state index in [9.17, 15) is 14.7 Å². The largest absolute Gasteiger partial charge is 0.465 e. The number of nitrogens with zero attached hydrogens (tertiary/aromatic N) is 1. The summed E-state index contributed by atoms with van der Waals surface area (Å²) in [6.07, 6.45) is 1.57. The molecule has 1 aliphatic rings. The average Bonchev–Trinajstić information content (AvgIpc) is 2.88. The molecule has 0 saturated carbocycles. The number of benzene rings is 2. The second-order valence-corrected chi connectivity index (χ2v) is 8.60. The Hall–Kier alpha value is -3.24. The maximum absolute atomic E-state index is 12.2. The molecule has 0 aromatic heterocycles. The normalized spacial score (nSPS) is 19.5. The fourth-order valence-corrected chi connectivity index (χ4v) is 3.98. The number of nitrogens with one attached hydrogen (secondary N) is 2. The first-order valence-electron chi connectivity index (χ1n) is 12.0. The molecular formula is C27H35N3O6. The molecule has 0 spiro atoms. The van der Waals surface area contributed by atoms with E-state index < -0.39 is 18.3 Å². The number of hydrogen-bond donors (Lipinski definition) is 3. The molecule has 3 atom stereocenters. The van der Waals surface area contributed by atoms with Gasteiger partial charge in [-0.25, -0.2) is 4.79 Å². The molecule has 1 fully saturated rings. The number of urea groups is 1. The zero-order valence-corrected chi connectivity index (χ0v) is 20.8. The zero-order chi connectivity index (χ0) is 25.9. The lowest BCUT2D eigenvalue weighted by molar-refractivity contribution is -0.252. The Bertz CT molecular complexity index is 1010. The first-order valence-corrected chi connectivity index (χ1v) is 12.0. The Morgan fingerprint density at radius 3 is 2.67 bits per heavy atom. The highest BCUT2D eigenvalue weighted by atomic mass is 16.7. The van der Waals surface area contributed by atoms with Gasteiger partial charge in [0.05, 0.1) is 25.4 Å². The monoisotopic (exact) mass is 497 g/mol. The molecule has 36 heavy (non-hydrogen) atoms. The number of esters is 1. The van der Waals surface area contributed by atoms with E-state index >= 15 is 0 Å². The van der Waals surface area contributed by atoms with Crippen molar-refractivity contribution in [3.8, 4) is 0 Å². The summed E-state index contributed by atoms with van der Waals surface area (Å²) < 4.78 is 17.5. The van der Waals surface area contributed by atoms with Crippen molar-refractivity contribution in [2.75, 3.05) is 38.6 Å². The fraction of sp³-hybridized carbons (Fsp3) is 0.407. The lowest BCUT2D eigenvalue weighted by Gasteiger charge is -2.37. The number of amides is 2. The predicted molar refractivity (Wildman–Crippen MR) is 136 cm³/mol. The molecule has 2 amide bonds. The molecule has 0 unspecified atom stereocenters. The number of likely N-dealkylation sites (N-methyl/N-ethyl adjacent to an activating group) is 1. The minimum absolute atomic E-state index is 0.0142. The number of aliphatic hydroxyl groups is 1. The Labute approximate surface area is 212 Å². The van der Waals surface area contributed by atoms with Gasteiger partial charge < -0.3 is 34.9 Å². The van der Waals surface area contributed by atoms with Crippen LogP contribution in [0.1, 0.15) is 42.4 Å². The van der Waals surface area contributed by atoms with Gasteiger partial charge in [-0.15, -0.1) is 6.58 Å². The topological polar surface area (TPSA) is 109 Å². The van der Waals surface area contributed by atoms with Gasteiger partial charge in [-0.1, -0.05) is 42.5 Å². The van der Waals surface area contributed by atoms with E-state index in [0.29, 0.717) is 18.7 Å². The molecule has 0 aliphatic carbocycles. The standard InChI is InChI=1S/C27H35N3O6/c1-4-13-30(3)17-23-15-24(20-11-9-19(18-31)10-12-20)36-26(35-23)21-7-6-8-22(14-21)29-27(33)28-16-25(32)34-5-2/h4,6-12,14,23-24,26,31H,1,5,13,15-18H2,2-3H3,(H2,28,29,33)/t23-,24+,26+/m0/s1. The summed E-state index contributed by atoms with van der Waals surface area (Å²) in [5.74, 6) is -0.504. The van der Waals surface area contributed by atoms with Crippen LogP contribution in [-0.4, -0.2) is 61.4 Å². The molecule has 1 aliphatic heterocycles. The number of ether oxygens (including phenoxy) is 3. The van der Waals surface area contributed by atoms with Gasteiger partial charge in [0, 0.05) is 30.8 Å². The van der Waals surface area contributed by atoms with Gasteiger partial charge in [-0.3, -0.25) is 4.79 Å². The van der Waals surface area contributed by atoms with Crippen LogP contribution in [0.25, 0.3) is 0 Å². The van der Waals surface area contributed by atoms with Gasteiger partial charge in [0.15, 0.2) is 6.29 Å². The molecule has 1 saturated heterocycles. The van der Waals surface area contributed by atoms with E-state index in [0.717, 1.165) is 23.2 Å². The second-order valence-electron chi connectivity index (χ2n) is 8.60. The Morgan fingerprint density at radius 2 is 1.97 bits per heavy atom. The highest BCUT2D eigenvalue weighted by Gasteiger charge is 2.32. The van der Waals surface area contributed by atoms with Gasteiger partial charge in [-0.05, 0) is 37.2 Å². The van der Waals surface area contributed by atoms with Gasteiger partial charge in [0.25, 0.3) is 0 Å². The molecule has 194 valence electrons. The van der Waals surface area contributed by atoms with Crippen LogP contribution in [0.5, 0.6) is 0 Å². The van der Waals surface area contributed by atoms with Crippen LogP contribution in [0, 0.1) is 0 Å². The third-order valence-electron chi connectivity index (χ3n) is 5.69. The summed E-state index contributed by atoms with van der Waals surface area (Å²) in [5, 5.41) is 14.6. The van der Waals surface area contributed by atoms with Crippen LogP contribution < -0.4 is 10.6 Å². The van der Waals surface area contributed by atoms with Crippen LogP contribution >= 0.6 is 0 Å². The second kappa shape index (κ2) is 13.7. The van der Waals surface area contributed by atoms with E-state index in [1.165, 1.54) is 0 Å². The SMILES string of the molecule is C=CCN(C)C[C@@H]1C[C@H](c2ccc(CO)cc2)O[C@H](c2cccc(NC(=O)NCC(=O)OCC)c2)O1. The third-order valence-corrected chi connectivity index (χ3v) is 5.69. The van der Waals surface area contributed by atoms with E-state index in [1.54, 1.807) is 19.1 Å². The Morgan fingerprint density at radius 1 is 1.19 bits per heavy atom. The lowest BCUT2D eigenvalue weighted by atomic mass is 9.99. The molecule has 9 nitrogen and oxygen atoms in total. The maximum Gasteiger partial charge on any atom is 0.325 e. The molecule has 9 heteroatoms. The van der Waals surface area contributed by atoms with E-state index in [2.05, 4.69) is 22.1 Å². The van der Waals surface area contributed by atoms with Crippen LogP contribution in [-0.2, 0) is 25.6 Å². The van der Waals surface area contributed by atoms with Crippen molar-refractivity contribution in [3.63, 3.8) is 0 Å².